The van der Waals surface area contributed by atoms with Crippen LogP contribution in [-0.2, 0) is 14.3 Å². The summed E-state index contributed by atoms with van der Waals surface area (Å²) in [5, 5.41) is 9.03. The van der Waals surface area contributed by atoms with E-state index in [1.165, 1.54) is 6.92 Å². The topological polar surface area (TPSA) is 79.5 Å². The zero-order chi connectivity index (χ0) is 16.9. The Labute approximate surface area is 149 Å². The molecular weight excluding hydrogens is 330 g/mol. The molecule has 3 N–H and O–H groups in total. The molecule has 1 aromatic rings. The second-order valence-corrected chi connectivity index (χ2v) is 6.11. The molecule has 2 amide bonds. The zero-order valence-electron chi connectivity index (χ0n) is 14.4. The van der Waals surface area contributed by atoms with E-state index in [0.29, 0.717) is 25.3 Å². The lowest BCUT2D eigenvalue weighted by molar-refractivity contribution is -0.125. The van der Waals surface area contributed by atoms with Gasteiger partial charge in [-0.3, -0.25) is 9.59 Å². The summed E-state index contributed by atoms with van der Waals surface area (Å²) in [7, 11) is 1.65. The molecular formula is C17H26ClN3O3. The van der Waals surface area contributed by atoms with Crippen LogP contribution in [0.15, 0.2) is 18.2 Å². The molecule has 1 atom stereocenters. The first-order valence-corrected chi connectivity index (χ1v) is 7.86. The van der Waals surface area contributed by atoms with E-state index in [2.05, 4.69) is 16.0 Å². The average Bonchev–Trinajstić information content (AvgIpc) is 2.98. The van der Waals surface area contributed by atoms with Gasteiger partial charge in [0.25, 0.3) is 0 Å². The number of aryl methyl sites for hydroxylation is 1. The Morgan fingerprint density at radius 3 is 2.67 bits per heavy atom. The number of benzene rings is 1. The Bertz CT molecular complexity index is 586. The quantitative estimate of drug-likeness (QED) is 0.731. The standard InChI is InChI=1S/C17H25N3O3.ClH/c1-12-4-5-14(19-13(2)21)10-15(12)20-16(22)17(7-9-23-3)6-8-18-11-17;/h4-5,10,18H,6-9,11H2,1-3H3,(H,19,21)(H,20,22);1H. The minimum absolute atomic E-state index is 0. The number of ether oxygens (including phenoxy) is 1. The van der Waals surface area contributed by atoms with Crippen LogP contribution in [0.2, 0.25) is 0 Å². The van der Waals surface area contributed by atoms with Gasteiger partial charge in [0.05, 0.1) is 5.41 Å². The van der Waals surface area contributed by atoms with Crippen LogP contribution in [0.4, 0.5) is 11.4 Å². The summed E-state index contributed by atoms with van der Waals surface area (Å²) in [5.74, 6) is -0.134. The van der Waals surface area contributed by atoms with E-state index in [1.807, 2.05) is 19.1 Å². The molecule has 0 bridgehead atoms. The van der Waals surface area contributed by atoms with Gasteiger partial charge in [-0.15, -0.1) is 12.4 Å². The molecule has 0 aromatic heterocycles. The largest absolute Gasteiger partial charge is 0.385 e. The van der Waals surface area contributed by atoms with E-state index in [-0.39, 0.29) is 24.2 Å². The van der Waals surface area contributed by atoms with Crippen molar-refractivity contribution in [1.82, 2.24) is 5.32 Å². The van der Waals surface area contributed by atoms with Crippen LogP contribution < -0.4 is 16.0 Å². The molecule has 1 heterocycles. The van der Waals surface area contributed by atoms with Crippen molar-refractivity contribution < 1.29 is 14.3 Å². The van der Waals surface area contributed by atoms with Crippen molar-refractivity contribution in [2.75, 3.05) is 37.4 Å². The maximum Gasteiger partial charge on any atom is 0.232 e. The first-order valence-electron chi connectivity index (χ1n) is 7.86. The van der Waals surface area contributed by atoms with Gasteiger partial charge in [-0.05, 0) is 44.0 Å². The summed E-state index contributed by atoms with van der Waals surface area (Å²) in [6, 6.07) is 5.50. The molecule has 24 heavy (non-hydrogen) atoms. The van der Waals surface area contributed by atoms with E-state index in [9.17, 15) is 9.59 Å². The van der Waals surface area contributed by atoms with Gasteiger partial charge in [-0.2, -0.15) is 0 Å². The molecule has 0 aliphatic carbocycles. The Morgan fingerprint density at radius 2 is 2.08 bits per heavy atom. The lowest BCUT2D eigenvalue weighted by atomic mass is 9.82. The van der Waals surface area contributed by atoms with Crippen molar-refractivity contribution in [3.63, 3.8) is 0 Å². The van der Waals surface area contributed by atoms with Crippen LogP contribution in [-0.4, -0.2) is 38.6 Å². The van der Waals surface area contributed by atoms with Crippen LogP contribution >= 0.6 is 12.4 Å². The fourth-order valence-corrected chi connectivity index (χ4v) is 2.85. The van der Waals surface area contributed by atoms with Gasteiger partial charge in [-0.1, -0.05) is 6.07 Å². The second kappa shape index (κ2) is 9.01. The molecule has 1 unspecified atom stereocenters. The van der Waals surface area contributed by atoms with Gasteiger partial charge in [0.15, 0.2) is 0 Å². The number of rotatable bonds is 6. The Kier molecular flexibility index (Phi) is 7.66. The number of halogens is 1. The van der Waals surface area contributed by atoms with Crippen molar-refractivity contribution in [2.45, 2.75) is 26.7 Å². The number of amides is 2. The molecule has 1 aliphatic rings. The third-order valence-corrected chi connectivity index (χ3v) is 4.32. The number of carbonyl (C=O) groups is 2. The lowest BCUT2D eigenvalue weighted by Crippen LogP contribution is -2.39. The van der Waals surface area contributed by atoms with Gasteiger partial charge in [-0.25, -0.2) is 0 Å². The van der Waals surface area contributed by atoms with Gasteiger partial charge in [0.2, 0.25) is 11.8 Å². The summed E-state index contributed by atoms with van der Waals surface area (Å²) < 4.78 is 5.16. The van der Waals surface area contributed by atoms with Gasteiger partial charge in [0.1, 0.15) is 0 Å². The third-order valence-electron chi connectivity index (χ3n) is 4.32. The molecule has 134 valence electrons. The van der Waals surface area contributed by atoms with E-state index >= 15 is 0 Å². The first kappa shape index (κ1) is 20.4. The van der Waals surface area contributed by atoms with Crippen LogP contribution in [0.1, 0.15) is 25.3 Å². The molecule has 1 fully saturated rings. The molecule has 1 aliphatic heterocycles. The smallest absolute Gasteiger partial charge is 0.232 e. The predicted molar refractivity (Wildman–Crippen MR) is 97.8 cm³/mol. The first-order chi connectivity index (χ1) is 11.0. The molecule has 6 nitrogen and oxygen atoms in total. The number of nitrogens with one attached hydrogen (secondary N) is 3. The average molecular weight is 356 g/mol. The Balaban J connectivity index is 0.00000288. The van der Waals surface area contributed by atoms with E-state index in [4.69, 9.17) is 4.74 Å². The van der Waals surface area contributed by atoms with Crippen molar-refractivity contribution in [3.8, 4) is 0 Å². The fourth-order valence-electron chi connectivity index (χ4n) is 2.85. The fraction of sp³-hybridized carbons (Fsp3) is 0.529. The van der Waals surface area contributed by atoms with E-state index < -0.39 is 5.41 Å². The molecule has 0 saturated carbocycles. The monoisotopic (exact) mass is 355 g/mol. The van der Waals surface area contributed by atoms with Crippen LogP contribution in [0.3, 0.4) is 0 Å². The van der Waals surface area contributed by atoms with Gasteiger partial charge >= 0.3 is 0 Å². The Morgan fingerprint density at radius 1 is 1.33 bits per heavy atom. The predicted octanol–water partition coefficient (Wildman–Crippen LogP) is 2.33. The van der Waals surface area contributed by atoms with Crippen LogP contribution in [0.25, 0.3) is 0 Å². The van der Waals surface area contributed by atoms with Gasteiger partial charge in [0, 0.05) is 38.6 Å². The summed E-state index contributed by atoms with van der Waals surface area (Å²) in [6.07, 6.45) is 1.49. The SMILES string of the molecule is COCCC1(C(=O)Nc2cc(NC(C)=O)ccc2C)CCNC1.Cl. The molecule has 0 radical (unpaired) electrons. The lowest BCUT2D eigenvalue weighted by Gasteiger charge is -2.27. The molecule has 2 rings (SSSR count). The van der Waals surface area contributed by atoms with Crippen molar-refractivity contribution in [1.29, 1.82) is 0 Å². The van der Waals surface area contributed by atoms with Crippen LogP contribution in [0, 0.1) is 12.3 Å². The molecule has 1 saturated heterocycles. The van der Waals surface area contributed by atoms with Crippen LogP contribution in [0.5, 0.6) is 0 Å². The highest BCUT2D eigenvalue weighted by molar-refractivity contribution is 5.97. The summed E-state index contributed by atoms with van der Waals surface area (Å²) in [5.41, 5.74) is 1.92. The van der Waals surface area contributed by atoms with Crippen molar-refractivity contribution in [2.24, 2.45) is 5.41 Å². The number of methoxy groups -OCH3 is 1. The number of hydrogen-bond donors (Lipinski definition) is 3. The molecule has 0 spiro atoms. The van der Waals surface area contributed by atoms with E-state index in [1.54, 1.807) is 13.2 Å². The van der Waals surface area contributed by atoms with Crippen molar-refractivity contribution in [3.05, 3.63) is 23.8 Å². The summed E-state index contributed by atoms with van der Waals surface area (Å²) in [6.45, 7) is 5.44. The Hall–Kier alpha value is -1.63. The second-order valence-electron chi connectivity index (χ2n) is 6.11. The number of hydrogen-bond acceptors (Lipinski definition) is 4. The van der Waals surface area contributed by atoms with E-state index in [0.717, 1.165) is 24.2 Å². The van der Waals surface area contributed by atoms with Crippen molar-refractivity contribution >= 4 is 35.6 Å². The highest BCUT2D eigenvalue weighted by Crippen LogP contribution is 2.32. The highest BCUT2D eigenvalue weighted by atomic mass is 35.5. The normalized spacial score (nSPS) is 19.5. The summed E-state index contributed by atoms with van der Waals surface area (Å²) >= 11 is 0. The molecule has 7 heteroatoms. The maximum absolute atomic E-state index is 12.8. The number of anilines is 2. The molecule has 1 aromatic carbocycles. The zero-order valence-corrected chi connectivity index (χ0v) is 15.2. The third kappa shape index (κ3) is 4.93. The summed E-state index contributed by atoms with van der Waals surface area (Å²) in [4.78, 5) is 24.0. The van der Waals surface area contributed by atoms with Gasteiger partial charge < -0.3 is 20.7 Å². The minimum Gasteiger partial charge on any atom is -0.385 e. The maximum atomic E-state index is 12.8. The number of carbonyl (C=O) groups excluding carboxylic acids is 2. The highest BCUT2D eigenvalue weighted by Gasteiger charge is 2.40. The minimum atomic E-state index is -0.438.